The molecule has 0 radical (unpaired) electrons. The number of aromatic nitrogens is 4. The number of ether oxygens (including phenoxy) is 2. The lowest BCUT2D eigenvalue weighted by atomic mass is 9.58. The van der Waals surface area contributed by atoms with Crippen LogP contribution >= 0.6 is 39.1 Å². The second-order valence-electron chi connectivity index (χ2n) is 21.7. The predicted molar refractivity (Wildman–Crippen MR) is 311 cm³/mol. The monoisotopic (exact) mass is 1170 g/mol. The van der Waals surface area contributed by atoms with Crippen molar-refractivity contribution in [3.05, 3.63) is 119 Å². The lowest BCUT2D eigenvalue weighted by Gasteiger charge is -2.51. The molecule has 10 rings (SSSR count). The number of allylic oxidation sites excluding steroid dienone is 1. The fourth-order valence-electron chi connectivity index (χ4n) is 11.1. The van der Waals surface area contributed by atoms with Gasteiger partial charge in [0, 0.05) is 58.3 Å². The Morgan fingerprint density at radius 2 is 1.09 bits per heavy atom. The minimum Gasteiger partial charge on any atom is -0.491 e. The van der Waals surface area contributed by atoms with E-state index in [0.29, 0.717) is 115 Å². The van der Waals surface area contributed by atoms with Gasteiger partial charge in [0.1, 0.15) is 47.4 Å². The number of anilines is 6. The van der Waals surface area contributed by atoms with E-state index in [1.165, 1.54) is 100 Å². The number of halogens is 5. The van der Waals surface area contributed by atoms with Crippen molar-refractivity contribution in [3.8, 4) is 11.5 Å². The summed E-state index contributed by atoms with van der Waals surface area (Å²) in [5.41, 5.74) is 4.48. The molecule has 4 N–H and O–H groups in total. The van der Waals surface area contributed by atoms with E-state index in [2.05, 4.69) is 81.0 Å². The number of amides is 2. The summed E-state index contributed by atoms with van der Waals surface area (Å²) in [6.07, 6.45) is 19.2. The number of likely N-dealkylation sites (N-methyl/N-ethyl adjacent to an activating group) is 1. The van der Waals surface area contributed by atoms with Gasteiger partial charge in [-0.25, -0.2) is 28.7 Å². The zero-order valence-electron chi connectivity index (χ0n) is 44.4. The number of alkyl halides is 1. The highest BCUT2D eigenvalue weighted by molar-refractivity contribution is 9.09. The number of carbonyl (C=O) groups excluding carboxylic acids is 2. The maximum atomic E-state index is 13.7. The fraction of sp³-hybridized carbons (Fsp3) is 0.414. The summed E-state index contributed by atoms with van der Waals surface area (Å²) in [5, 5.41) is 14.2. The van der Waals surface area contributed by atoms with Gasteiger partial charge in [0.15, 0.2) is 0 Å². The van der Waals surface area contributed by atoms with Crippen LogP contribution in [0.15, 0.2) is 97.6 Å². The van der Waals surface area contributed by atoms with Crippen LogP contribution < -0.4 is 30.7 Å². The first-order valence-electron chi connectivity index (χ1n) is 26.3. The van der Waals surface area contributed by atoms with Crippen molar-refractivity contribution in [1.29, 1.82) is 0 Å². The molecule has 15 nitrogen and oxygen atoms in total. The molecular weight excluding hydrogens is 1100 g/mol. The Morgan fingerprint density at radius 3 is 1.49 bits per heavy atom. The molecule has 2 saturated carbocycles. The van der Waals surface area contributed by atoms with Gasteiger partial charge in [-0.3, -0.25) is 9.59 Å². The molecule has 4 heterocycles. The van der Waals surface area contributed by atoms with Crippen molar-refractivity contribution in [2.24, 2.45) is 22.7 Å². The SMILES string of the molecule is CN(C)C/C=C/C(=O)Nc1cc2c(Nc3ccc(F)c(Cl)c3)ncnc2cc1OCC1CC2(CCN(C)CC2)C1.CN1CCC2(CC1)CC(COc1cc3ncnc(Nc4ccc(F)c(Cl)c4)c3cc1NC(=O)/C=C/CBr)C2. The molecule has 6 aromatic rings. The molecule has 0 bridgehead atoms. The normalized spacial score (nSPS) is 17.5. The van der Waals surface area contributed by atoms with Crippen LogP contribution in [-0.4, -0.2) is 126 Å². The molecule has 2 spiro atoms. The van der Waals surface area contributed by atoms with E-state index in [1.54, 1.807) is 30.4 Å². The van der Waals surface area contributed by atoms with Crippen molar-refractivity contribution in [3.63, 3.8) is 0 Å². The number of rotatable bonds is 17. The molecule has 0 atom stereocenters. The third kappa shape index (κ3) is 14.4. The first-order chi connectivity index (χ1) is 37.5. The number of nitrogens with zero attached hydrogens (tertiary/aromatic N) is 7. The first kappa shape index (κ1) is 56.7. The maximum Gasteiger partial charge on any atom is 0.248 e. The van der Waals surface area contributed by atoms with Crippen molar-refractivity contribution in [2.75, 3.05) is 101 Å². The van der Waals surface area contributed by atoms with Crippen LogP contribution in [0.25, 0.3) is 21.8 Å². The zero-order valence-corrected chi connectivity index (χ0v) is 47.5. The highest BCUT2D eigenvalue weighted by Gasteiger charge is 2.46. The van der Waals surface area contributed by atoms with Gasteiger partial charge in [0.05, 0.1) is 45.7 Å². The Hall–Kier alpha value is -6.02. The summed E-state index contributed by atoms with van der Waals surface area (Å²) < 4.78 is 39.9. The Morgan fingerprint density at radius 1 is 0.667 bits per heavy atom. The molecule has 2 aliphatic heterocycles. The van der Waals surface area contributed by atoms with Gasteiger partial charge >= 0.3 is 0 Å². The number of fused-ring (bicyclic) bond motifs is 2. The molecule has 4 aromatic carbocycles. The second kappa shape index (κ2) is 25.4. The van der Waals surface area contributed by atoms with E-state index in [-0.39, 0.29) is 21.9 Å². The van der Waals surface area contributed by atoms with Gasteiger partial charge < -0.3 is 45.4 Å². The van der Waals surface area contributed by atoms with E-state index < -0.39 is 11.6 Å². The average Bonchev–Trinajstić information content (AvgIpc) is 3.55. The van der Waals surface area contributed by atoms with E-state index in [9.17, 15) is 18.4 Å². The Bertz CT molecular complexity index is 3170. The van der Waals surface area contributed by atoms with Crippen LogP contribution in [0.3, 0.4) is 0 Å². The Labute approximate surface area is 472 Å². The molecule has 2 aliphatic carbocycles. The van der Waals surface area contributed by atoms with Crippen LogP contribution in [-0.2, 0) is 9.59 Å². The molecule has 412 valence electrons. The summed E-state index contributed by atoms with van der Waals surface area (Å²) in [6, 6.07) is 16.0. The average molecular weight is 1170 g/mol. The highest BCUT2D eigenvalue weighted by atomic mass is 79.9. The summed E-state index contributed by atoms with van der Waals surface area (Å²) in [7, 11) is 8.26. The van der Waals surface area contributed by atoms with Gasteiger partial charge in [0.2, 0.25) is 11.8 Å². The Kier molecular flexibility index (Phi) is 18.5. The molecule has 2 saturated heterocycles. The van der Waals surface area contributed by atoms with E-state index in [0.717, 1.165) is 26.2 Å². The molecule has 78 heavy (non-hydrogen) atoms. The van der Waals surface area contributed by atoms with Crippen molar-refractivity contribution in [1.82, 2.24) is 34.6 Å². The molecule has 2 amide bonds. The Balaban J connectivity index is 0.000000190. The molecule has 0 unspecified atom stereocenters. The smallest absolute Gasteiger partial charge is 0.248 e. The van der Waals surface area contributed by atoms with E-state index in [1.807, 2.05) is 37.2 Å². The van der Waals surface area contributed by atoms with Crippen LogP contribution in [0.2, 0.25) is 10.0 Å². The summed E-state index contributed by atoms with van der Waals surface area (Å²) in [4.78, 5) is 49.8. The maximum absolute atomic E-state index is 13.7. The minimum atomic E-state index is -0.499. The molecule has 4 aliphatic rings. The molecule has 2 aromatic heterocycles. The van der Waals surface area contributed by atoms with Gasteiger partial charge in [-0.15, -0.1) is 0 Å². The van der Waals surface area contributed by atoms with E-state index >= 15 is 0 Å². The lowest BCUT2D eigenvalue weighted by molar-refractivity contribution is -0.112. The third-order valence-electron chi connectivity index (χ3n) is 15.4. The summed E-state index contributed by atoms with van der Waals surface area (Å²) in [5.74, 6) is 1.61. The standard InChI is InChI=1S/C30H36ClFN6O2.C28H30BrClFN5O2/c1-37(2)10-4-5-28(39)36-26-14-22-25(33-19-34-29(22)35-21-6-7-24(32)23(31)13-21)15-27(26)40-18-20-16-30(17-20)8-11-38(3)12-9-30;1-36-9-6-28(7-10-36)14-18(15-28)16-38-25-13-23-20(12-24(25)35-26(37)3-2-8-29)27(33-17-32-23)34-19-4-5-22(31)21(30)11-19/h4-7,13-15,19-20H,8-12,16-18H2,1-3H3,(H,36,39)(H,33,34,35);2-5,11-13,17-18H,6-10,14-16H2,1H3,(H,35,37)(H,32,33,34)/b5-4+;3-2+. The topological polar surface area (TPSA) is 162 Å². The van der Waals surface area contributed by atoms with Crippen molar-refractivity contribution < 1.29 is 27.8 Å². The van der Waals surface area contributed by atoms with Crippen molar-refractivity contribution in [2.45, 2.75) is 51.4 Å². The zero-order chi connectivity index (χ0) is 55.0. The fourth-order valence-corrected chi connectivity index (χ4v) is 11.6. The van der Waals surface area contributed by atoms with Gasteiger partial charge in [0.25, 0.3) is 0 Å². The largest absolute Gasteiger partial charge is 0.491 e. The van der Waals surface area contributed by atoms with Gasteiger partial charge in [-0.05, 0) is 177 Å². The summed E-state index contributed by atoms with van der Waals surface area (Å²) >= 11 is 15.2. The van der Waals surface area contributed by atoms with Gasteiger partial charge in [-0.1, -0.05) is 51.3 Å². The molecule has 20 heteroatoms. The second-order valence-corrected chi connectivity index (χ2v) is 23.1. The van der Waals surface area contributed by atoms with Crippen molar-refractivity contribution >= 4 is 107 Å². The summed E-state index contributed by atoms with van der Waals surface area (Å²) in [6.45, 7) is 6.48. The molecular formula is C58H66BrCl2F2N11O4. The number of piperidine rings is 2. The predicted octanol–water partition coefficient (Wildman–Crippen LogP) is 12.3. The quantitative estimate of drug-likeness (QED) is 0.0505. The number of nitrogens with one attached hydrogen (secondary N) is 4. The number of carbonyl (C=O) groups is 2. The van der Waals surface area contributed by atoms with Crippen LogP contribution in [0, 0.1) is 34.3 Å². The lowest BCUT2D eigenvalue weighted by Crippen LogP contribution is -2.47. The van der Waals surface area contributed by atoms with Gasteiger partial charge in [-0.2, -0.15) is 0 Å². The molecule has 4 fully saturated rings. The number of likely N-dealkylation sites (tertiary alicyclic amines) is 2. The first-order valence-corrected chi connectivity index (χ1v) is 28.2. The van der Waals surface area contributed by atoms with Crippen LogP contribution in [0.1, 0.15) is 51.4 Å². The van der Waals surface area contributed by atoms with Crippen LogP contribution in [0.5, 0.6) is 11.5 Å². The van der Waals surface area contributed by atoms with E-state index in [4.69, 9.17) is 32.7 Å². The highest BCUT2D eigenvalue weighted by Crippen LogP contribution is 2.54. The minimum absolute atomic E-state index is 0.00796. The number of hydrogen-bond donors (Lipinski definition) is 4. The number of hydrogen-bond acceptors (Lipinski definition) is 13. The van der Waals surface area contributed by atoms with Crippen LogP contribution in [0.4, 0.5) is 43.2 Å². The number of benzene rings is 4. The third-order valence-corrected chi connectivity index (χ3v) is 16.3.